The van der Waals surface area contributed by atoms with Gasteiger partial charge >= 0.3 is 0 Å². The molecule has 23 heavy (non-hydrogen) atoms. The Hall–Kier alpha value is -0.530. The van der Waals surface area contributed by atoms with E-state index in [4.69, 9.17) is 0 Å². The molecule has 1 amide bonds. The van der Waals surface area contributed by atoms with Crippen molar-refractivity contribution in [3.8, 4) is 0 Å². The molecule has 2 aliphatic rings. The van der Waals surface area contributed by atoms with Crippen LogP contribution in [0.15, 0.2) is 0 Å². The van der Waals surface area contributed by atoms with Crippen molar-refractivity contribution < 1.29 is 4.79 Å². The first-order valence-electron chi connectivity index (χ1n) is 10.0. The Labute approximate surface area is 144 Å². The fourth-order valence-corrected chi connectivity index (χ4v) is 5.06. The number of nitrogens with zero attached hydrogens (tertiary/aromatic N) is 1. The van der Waals surface area contributed by atoms with Gasteiger partial charge in [-0.1, -0.05) is 47.0 Å². The Morgan fingerprint density at radius 3 is 2.30 bits per heavy atom. The number of likely N-dealkylation sites (tertiary alicyclic amines) is 1. The van der Waals surface area contributed by atoms with Crippen LogP contribution in [0.1, 0.15) is 86.5 Å². The van der Waals surface area contributed by atoms with Gasteiger partial charge in [0.1, 0.15) is 0 Å². The van der Waals surface area contributed by atoms with Crippen LogP contribution in [0.25, 0.3) is 0 Å². The first kappa shape index (κ1) is 18.8. The fraction of sp³-hybridized carbons (Fsp3) is 0.952. The van der Waals surface area contributed by atoms with Crippen molar-refractivity contribution in [2.24, 2.45) is 29.1 Å². The molecule has 2 rings (SSSR count). The van der Waals surface area contributed by atoms with E-state index in [1.807, 2.05) is 0 Å². The van der Waals surface area contributed by atoms with Crippen LogP contribution >= 0.6 is 0 Å². The summed E-state index contributed by atoms with van der Waals surface area (Å²) in [5.41, 5.74) is 0.389. The van der Waals surface area contributed by atoms with Crippen LogP contribution in [0, 0.1) is 29.1 Å². The van der Waals surface area contributed by atoms with Gasteiger partial charge in [0.15, 0.2) is 0 Å². The second-order valence-electron chi connectivity index (χ2n) is 9.39. The van der Waals surface area contributed by atoms with E-state index < -0.39 is 0 Å². The van der Waals surface area contributed by atoms with E-state index in [1.54, 1.807) is 0 Å². The summed E-state index contributed by atoms with van der Waals surface area (Å²) in [6, 6.07) is 0.357. The molecule has 1 aliphatic carbocycles. The SMILES string of the molecule is CC1CCCCC2C(=O)N(C(C)C)CCC2CC(C)(C(C)C)C1. The first-order chi connectivity index (χ1) is 10.7. The normalized spacial score (nSPS) is 37.1. The van der Waals surface area contributed by atoms with Crippen molar-refractivity contribution in [1.82, 2.24) is 4.90 Å². The summed E-state index contributed by atoms with van der Waals surface area (Å²) in [6.07, 6.45) is 8.78. The number of amides is 1. The lowest BCUT2D eigenvalue weighted by Gasteiger charge is -2.46. The summed E-state index contributed by atoms with van der Waals surface area (Å²) in [6.45, 7) is 15.0. The number of hydrogen-bond acceptors (Lipinski definition) is 1. The summed E-state index contributed by atoms with van der Waals surface area (Å²) in [5, 5.41) is 0. The van der Waals surface area contributed by atoms with E-state index in [0.717, 1.165) is 18.9 Å². The van der Waals surface area contributed by atoms with Crippen LogP contribution in [0.4, 0.5) is 0 Å². The molecule has 1 heterocycles. The second kappa shape index (κ2) is 7.57. The van der Waals surface area contributed by atoms with E-state index >= 15 is 0 Å². The highest BCUT2D eigenvalue weighted by Crippen LogP contribution is 2.46. The molecule has 1 saturated heterocycles. The molecule has 4 atom stereocenters. The molecule has 2 nitrogen and oxygen atoms in total. The van der Waals surface area contributed by atoms with Gasteiger partial charge < -0.3 is 4.90 Å². The van der Waals surface area contributed by atoms with Gasteiger partial charge in [-0.3, -0.25) is 4.79 Å². The van der Waals surface area contributed by atoms with Crippen molar-refractivity contribution in [1.29, 1.82) is 0 Å². The molecule has 0 aromatic rings. The van der Waals surface area contributed by atoms with E-state index in [-0.39, 0.29) is 5.92 Å². The molecule has 4 unspecified atom stereocenters. The molecule has 0 aromatic heterocycles. The smallest absolute Gasteiger partial charge is 0.226 e. The van der Waals surface area contributed by atoms with Gasteiger partial charge in [-0.2, -0.15) is 0 Å². The highest BCUT2D eigenvalue weighted by atomic mass is 16.2. The number of rotatable bonds is 2. The van der Waals surface area contributed by atoms with Crippen molar-refractivity contribution in [2.45, 2.75) is 92.5 Å². The average Bonchev–Trinajstić information content (AvgIpc) is 2.44. The Balaban J connectivity index is 2.22. The minimum absolute atomic E-state index is 0.289. The number of piperidine rings is 1. The zero-order valence-electron chi connectivity index (χ0n) is 16.4. The van der Waals surface area contributed by atoms with Gasteiger partial charge in [-0.25, -0.2) is 0 Å². The topological polar surface area (TPSA) is 20.3 Å². The first-order valence-corrected chi connectivity index (χ1v) is 10.0. The van der Waals surface area contributed by atoms with Crippen LogP contribution in [0.5, 0.6) is 0 Å². The van der Waals surface area contributed by atoms with E-state index in [1.165, 1.54) is 38.5 Å². The van der Waals surface area contributed by atoms with Gasteiger partial charge in [-0.15, -0.1) is 0 Å². The maximum Gasteiger partial charge on any atom is 0.226 e. The van der Waals surface area contributed by atoms with Crippen molar-refractivity contribution in [3.05, 3.63) is 0 Å². The summed E-state index contributed by atoms with van der Waals surface area (Å²) in [5.74, 6) is 2.87. The average molecular weight is 322 g/mol. The van der Waals surface area contributed by atoms with Gasteiger partial charge in [-0.05, 0) is 62.7 Å². The second-order valence-corrected chi connectivity index (χ2v) is 9.39. The zero-order valence-corrected chi connectivity index (χ0v) is 16.4. The van der Waals surface area contributed by atoms with Crippen LogP contribution < -0.4 is 0 Å². The molecule has 1 saturated carbocycles. The Morgan fingerprint density at radius 2 is 1.70 bits per heavy atom. The van der Waals surface area contributed by atoms with E-state index in [2.05, 4.69) is 46.4 Å². The minimum atomic E-state index is 0.289. The Kier molecular flexibility index (Phi) is 6.19. The van der Waals surface area contributed by atoms with Crippen molar-refractivity contribution in [2.75, 3.05) is 6.54 Å². The number of hydrogen-bond donors (Lipinski definition) is 0. The lowest BCUT2D eigenvalue weighted by Crippen LogP contribution is -2.50. The predicted octanol–water partition coefficient (Wildman–Crippen LogP) is 5.51. The van der Waals surface area contributed by atoms with Crippen LogP contribution in [0.3, 0.4) is 0 Å². The largest absolute Gasteiger partial charge is 0.340 e. The highest BCUT2D eigenvalue weighted by Gasteiger charge is 2.42. The van der Waals surface area contributed by atoms with Crippen LogP contribution in [0.2, 0.25) is 0 Å². The maximum atomic E-state index is 13.0. The molecule has 2 fully saturated rings. The van der Waals surface area contributed by atoms with Gasteiger partial charge in [0.05, 0.1) is 0 Å². The van der Waals surface area contributed by atoms with Crippen LogP contribution in [-0.2, 0) is 4.79 Å². The number of fused-ring (bicyclic) bond motifs is 1. The summed E-state index contributed by atoms with van der Waals surface area (Å²) < 4.78 is 0. The minimum Gasteiger partial charge on any atom is -0.340 e. The molecule has 0 aromatic carbocycles. The summed E-state index contributed by atoms with van der Waals surface area (Å²) in [7, 11) is 0. The molecular weight excluding hydrogens is 282 g/mol. The van der Waals surface area contributed by atoms with E-state index in [9.17, 15) is 4.79 Å². The third-order valence-electron chi connectivity index (χ3n) is 6.93. The lowest BCUT2D eigenvalue weighted by atomic mass is 9.63. The molecule has 0 bridgehead atoms. The molecule has 1 aliphatic heterocycles. The Bertz CT molecular complexity index is 403. The van der Waals surface area contributed by atoms with E-state index in [0.29, 0.717) is 29.2 Å². The lowest BCUT2D eigenvalue weighted by molar-refractivity contribution is -0.145. The highest BCUT2D eigenvalue weighted by molar-refractivity contribution is 5.80. The predicted molar refractivity (Wildman–Crippen MR) is 98.3 cm³/mol. The third kappa shape index (κ3) is 4.31. The van der Waals surface area contributed by atoms with Crippen LogP contribution in [-0.4, -0.2) is 23.4 Å². The standard InChI is InChI=1S/C21H39NO/c1-15(2)21(6)13-17(5)9-7-8-10-19-18(14-21)11-12-22(16(3)4)20(19)23/h15-19H,7-14H2,1-6H3. The third-order valence-corrected chi connectivity index (χ3v) is 6.93. The molecule has 134 valence electrons. The number of carbonyl (C=O) groups excluding carboxylic acids is 1. The monoisotopic (exact) mass is 321 g/mol. The molecular formula is C21H39NO. The zero-order chi connectivity index (χ0) is 17.2. The quantitative estimate of drug-likeness (QED) is 0.656. The number of carbonyl (C=O) groups is 1. The summed E-state index contributed by atoms with van der Waals surface area (Å²) in [4.78, 5) is 15.2. The van der Waals surface area contributed by atoms with Crippen molar-refractivity contribution >= 4 is 5.91 Å². The van der Waals surface area contributed by atoms with Gasteiger partial charge in [0.2, 0.25) is 5.91 Å². The van der Waals surface area contributed by atoms with Gasteiger partial charge in [0, 0.05) is 18.5 Å². The fourth-order valence-electron chi connectivity index (χ4n) is 5.06. The van der Waals surface area contributed by atoms with Crippen molar-refractivity contribution in [3.63, 3.8) is 0 Å². The summed E-state index contributed by atoms with van der Waals surface area (Å²) >= 11 is 0. The Morgan fingerprint density at radius 1 is 1.04 bits per heavy atom. The molecule has 0 spiro atoms. The molecule has 2 heteroatoms. The molecule has 0 radical (unpaired) electrons. The molecule has 0 N–H and O–H groups in total. The van der Waals surface area contributed by atoms with Gasteiger partial charge in [0.25, 0.3) is 0 Å². The maximum absolute atomic E-state index is 13.0.